The minimum Gasteiger partial charge on any atom is -0.341 e. The smallest absolute Gasteiger partial charge is 0.256 e. The number of hydrogen-bond donors (Lipinski definition) is 0. The zero-order valence-corrected chi connectivity index (χ0v) is 10.3. The van der Waals surface area contributed by atoms with Gasteiger partial charge in [0.05, 0.1) is 5.56 Å². The first-order chi connectivity index (χ1) is 7.70. The Labute approximate surface area is 99.5 Å². The lowest BCUT2D eigenvalue weighted by atomic mass is 10.3. The van der Waals surface area contributed by atoms with Gasteiger partial charge < -0.3 is 4.90 Å². The first-order valence-electron chi connectivity index (χ1n) is 5.32. The Balaban J connectivity index is 2.00. The van der Waals surface area contributed by atoms with Crippen molar-refractivity contribution in [2.75, 3.05) is 19.8 Å². The number of nitrogens with zero attached hydrogens (tertiary/aromatic N) is 3. The molecule has 1 aliphatic rings. The molecule has 0 saturated heterocycles. The lowest BCUT2D eigenvalue weighted by Gasteiger charge is -2.16. The Bertz CT molecular complexity index is 375. The molecule has 1 aliphatic carbocycles. The summed E-state index contributed by atoms with van der Waals surface area (Å²) >= 11 is 1.47. The highest BCUT2D eigenvalue weighted by atomic mass is 32.2. The van der Waals surface area contributed by atoms with Gasteiger partial charge in [-0.2, -0.15) is 0 Å². The van der Waals surface area contributed by atoms with Crippen molar-refractivity contribution >= 4 is 17.7 Å². The molecule has 0 bridgehead atoms. The van der Waals surface area contributed by atoms with Crippen LogP contribution in [0.1, 0.15) is 23.2 Å². The fourth-order valence-corrected chi connectivity index (χ4v) is 1.84. The summed E-state index contributed by atoms with van der Waals surface area (Å²) in [7, 11) is 1.84. The Kier molecular flexibility index (Phi) is 3.43. The summed E-state index contributed by atoms with van der Waals surface area (Å²) < 4.78 is 0. The van der Waals surface area contributed by atoms with Crippen LogP contribution in [0.2, 0.25) is 0 Å². The Morgan fingerprint density at radius 1 is 1.50 bits per heavy atom. The third kappa shape index (κ3) is 2.72. The molecule has 1 aromatic heterocycles. The van der Waals surface area contributed by atoms with E-state index in [1.165, 1.54) is 24.6 Å². The number of rotatable bonds is 4. The van der Waals surface area contributed by atoms with Crippen molar-refractivity contribution in [3.8, 4) is 0 Å². The van der Waals surface area contributed by atoms with E-state index in [0.29, 0.717) is 16.6 Å². The summed E-state index contributed by atoms with van der Waals surface area (Å²) in [5.74, 6) is 0.722. The van der Waals surface area contributed by atoms with E-state index in [1.54, 1.807) is 17.3 Å². The van der Waals surface area contributed by atoms with Gasteiger partial charge in [0, 0.05) is 26.0 Å². The number of carbonyl (C=O) groups excluding carboxylic acids is 1. The van der Waals surface area contributed by atoms with Crippen molar-refractivity contribution in [1.29, 1.82) is 0 Å². The molecule has 5 heteroatoms. The van der Waals surface area contributed by atoms with Crippen LogP contribution >= 0.6 is 11.8 Å². The molecule has 0 aliphatic heterocycles. The average molecular weight is 237 g/mol. The van der Waals surface area contributed by atoms with Crippen LogP contribution in [0.25, 0.3) is 0 Å². The van der Waals surface area contributed by atoms with Crippen molar-refractivity contribution in [1.82, 2.24) is 14.9 Å². The summed E-state index contributed by atoms with van der Waals surface area (Å²) in [5, 5.41) is 0.696. The van der Waals surface area contributed by atoms with Crippen LogP contribution in [0.5, 0.6) is 0 Å². The lowest BCUT2D eigenvalue weighted by Crippen LogP contribution is -2.28. The highest BCUT2D eigenvalue weighted by Gasteiger charge is 2.25. The van der Waals surface area contributed by atoms with Crippen molar-refractivity contribution in [3.63, 3.8) is 0 Å². The van der Waals surface area contributed by atoms with Crippen LogP contribution in [-0.4, -0.2) is 40.6 Å². The molecule has 0 N–H and O–H groups in total. The molecule has 1 heterocycles. The van der Waals surface area contributed by atoms with Gasteiger partial charge >= 0.3 is 0 Å². The molecular formula is C11H15N3OS. The zero-order valence-electron chi connectivity index (χ0n) is 9.51. The summed E-state index contributed by atoms with van der Waals surface area (Å²) in [6.45, 7) is 0.850. The summed E-state index contributed by atoms with van der Waals surface area (Å²) in [6, 6.07) is 0. The fraction of sp³-hybridized carbons (Fsp3) is 0.545. The van der Waals surface area contributed by atoms with E-state index in [9.17, 15) is 4.79 Å². The van der Waals surface area contributed by atoms with Crippen molar-refractivity contribution in [2.24, 2.45) is 5.92 Å². The number of aromatic nitrogens is 2. The predicted octanol–water partition coefficient (Wildman–Crippen LogP) is 1.68. The van der Waals surface area contributed by atoms with Gasteiger partial charge in [0.15, 0.2) is 5.16 Å². The molecule has 4 nitrogen and oxygen atoms in total. The second-order valence-corrected chi connectivity index (χ2v) is 4.86. The molecule has 1 saturated carbocycles. The molecule has 1 fully saturated rings. The highest BCUT2D eigenvalue weighted by Crippen LogP contribution is 2.29. The molecule has 0 aromatic carbocycles. The van der Waals surface area contributed by atoms with Gasteiger partial charge in [0.25, 0.3) is 5.91 Å². The normalized spacial score (nSPS) is 14.9. The van der Waals surface area contributed by atoms with Gasteiger partial charge in [-0.25, -0.2) is 9.97 Å². The second kappa shape index (κ2) is 4.82. The fourth-order valence-electron chi connectivity index (χ4n) is 1.52. The average Bonchev–Trinajstić information content (AvgIpc) is 3.12. The molecule has 16 heavy (non-hydrogen) atoms. The number of thioether (sulfide) groups is 1. The molecular weight excluding hydrogens is 222 g/mol. The van der Waals surface area contributed by atoms with E-state index in [1.807, 2.05) is 13.3 Å². The van der Waals surface area contributed by atoms with Crippen LogP contribution in [0.4, 0.5) is 0 Å². The molecule has 1 aromatic rings. The molecule has 0 unspecified atom stereocenters. The largest absolute Gasteiger partial charge is 0.341 e. The van der Waals surface area contributed by atoms with Crippen LogP contribution in [0.3, 0.4) is 0 Å². The lowest BCUT2D eigenvalue weighted by molar-refractivity contribution is 0.0787. The third-order valence-corrected chi connectivity index (χ3v) is 3.21. The third-order valence-electron chi connectivity index (χ3n) is 2.63. The molecule has 0 atom stereocenters. The van der Waals surface area contributed by atoms with E-state index in [0.717, 1.165) is 6.54 Å². The van der Waals surface area contributed by atoms with E-state index in [2.05, 4.69) is 9.97 Å². The van der Waals surface area contributed by atoms with Crippen molar-refractivity contribution < 1.29 is 4.79 Å². The SMILES string of the molecule is CSc1ncc(C(=O)N(C)CC2CC2)cn1. The first kappa shape index (κ1) is 11.4. The van der Waals surface area contributed by atoms with Crippen LogP contribution < -0.4 is 0 Å². The molecule has 1 amide bonds. The minimum atomic E-state index is 0.0135. The van der Waals surface area contributed by atoms with Crippen molar-refractivity contribution in [3.05, 3.63) is 18.0 Å². The maximum Gasteiger partial charge on any atom is 0.256 e. The number of hydrogen-bond acceptors (Lipinski definition) is 4. The van der Waals surface area contributed by atoms with Crippen LogP contribution in [0.15, 0.2) is 17.6 Å². The van der Waals surface area contributed by atoms with Gasteiger partial charge in [0.1, 0.15) is 0 Å². The quantitative estimate of drug-likeness (QED) is 0.590. The second-order valence-electron chi connectivity index (χ2n) is 4.09. The number of carbonyl (C=O) groups is 1. The maximum absolute atomic E-state index is 11.9. The van der Waals surface area contributed by atoms with E-state index in [-0.39, 0.29) is 5.91 Å². The summed E-state index contributed by atoms with van der Waals surface area (Å²) in [6.07, 6.45) is 7.62. The zero-order chi connectivity index (χ0) is 11.5. The summed E-state index contributed by atoms with van der Waals surface area (Å²) in [4.78, 5) is 21.9. The highest BCUT2D eigenvalue weighted by molar-refractivity contribution is 7.98. The monoisotopic (exact) mass is 237 g/mol. The standard InChI is InChI=1S/C11H15N3OS/c1-14(7-8-3-4-8)10(15)9-5-12-11(16-2)13-6-9/h5-6,8H,3-4,7H2,1-2H3. The topological polar surface area (TPSA) is 46.1 Å². The van der Waals surface area contributed by atoms with Gasteiger partial charge in [-0.1, -0.05) is 11.8 Å². The van der Waals surface area contributed by atoms with Gasteiger partial charge in [-0.05, 0) is 25.0 Å². The predicted molar refractivity (Wildman–Crippen MR) is 63.5 cm³/mol. The van der Waals surface area contributed by atoms with Gasteiger partial charge in [-0.3, -0.25) is 4.79 Å². The van der Waals surface area contributed by atoms with Gasteiger partial charge in [0.2, 0.25) is 0 Å². The molecule has 0 spiro atoms. The van der Waals surface area contributed by atoms with Crippen LogP contribution in [-0.2, 0) is 0 Å². The first-order valence-corrected chi connectivity index (χ1v) is 6.54. The molecule has 0 radical (unpaired) electrons. The maximum atomic E-state index is 11.9. The van der Waals surface area contributed by atoms with E-state index >= 15 is 0 Å². The Hall–Kier alpha value is -1.10. The summed E-state index contributed by atoms with van der Waals surface area (Å²) in [5.41, 5.74) is 0.570. The molecule has 86 valence electrons. The Morgan fingerprint density at radius 2 is 2.12 bits per heavy atom. The van der Waals surface area contributed by atoms with E-state index in [4.69, 9.17) is 0 Å². The minimum absolute atomic E-state index is 0.0135. The number of amides is 1. The molecule has 2 rings (SSSR count). The van der Waals surface area contributed by atoms with Crippen molar-refractivity contribution in [2.45, 2.75) is 18.0 Å². The Morgan fingerprint density at radius 3 is 2.62 bits per heavy atom. The van der Waals surface area contributed by atoms with E-state index < -0.39 is 0 Å². The van der Waals surface area contributed by atoms with Gasteiger partial charge in [-0.15, -0.1) is 0 Å². The van der Waals surface area contributed by atoms with Crippen LogP contribution in [0, 0.1) is 5.92 Å².